The maximum Gasteiger partial charge on any atom is 0.431 e. The van der Waals surface area contributed by atoms with Crippen LogP contribution in [-0.2, 0) is 12.7 Å². The molecule has 0 saturated heterocycles. The molecule has 2 rings (SSSR count). The number of halogens is 3. The van der Waals surface area contributed by atoms with Gasteiger partial charge in [-0.3, -0.25) is 9.59 Å². The van der Waals surface area contributed by atoms with Gasteiger partial charge in [-0.2, -0.15) is 13.2 Å². The summed E-state index contributed by atoms with van der Waals surface area (Å²) in [4.78, 5) is 23.3. The molecule has 0 radical (unpaired) electrons. The van der Waals surface area contributed by atoms with Gasteiger partial charge in [0.1, 0.15) is 29.7 Å². The van der Waals surface area contributed by atoms with Crippen LogP contribution in [-0.4, -0.2) is 28.3 Å². The number of aliphatic hydroxyl groups is 1. The van der Waals surface area contributed by atoms with Gasteiger partial charge in [0, 0.05) is 0 Å². The van der Waals surface area contributed by atoms with Crippen molar-refractivity contribution in [2.45, 2.75) is 25.7 Å². The standard InChI is InChI=1S/C17H17F3N2O4/c1-10-2-4-12(5-3-10)26-9-11(23)8-22-14(17(18,19)20)7-6-13(15(21)24)16(22)25/h2-7,11,23H,8-9H2,1H3,(H2,21,24)/t11-/m0/s1. The Hall–Kier alpha value is -2.81. The maximum atomic E-state index is 13.1. The van der Waals surface area contributed by atoms with E-state index in [4.69, 9.17) is 10.5 Å². The second kappa shape index (κ2) is 7.61. The van der Waals surface area contributed by atoms with E-state index in [0.29, 0.717) is 11.8 Å². The highest BCUT2D eigenvalue weighted by Crippen LogP contribution is 2.28. The third-order valence-corrected chi connectivity index (χ3v) is 3.59. The number of nitrogens with two attached hydrogens (primary N) is 1. The largest absolute Gasteiger partial charge is 0.491 e. The van der Waals surface area contributed by atoms with Crippen molar-refractivity contribution in [1.82, 2.24) is 4.57 Å². The third kappa shape index (κ3) is 4.63. The Morgan fingerprint density at radius 2 is 1.85 bits per heavy atom. The lowest BCUT2D eigenvalue weighted by Crippen LogP contribution is -2.37. The van der Waals surface area contributed by atoms with Gasteiger partial charge in [-0.25, -0.2) is 0 Å². The number of rotatable bonds is 6. The second-order valence-corrected chi connectivity index (χ2v) is 5.69. The van der Waals surface area contributed by atoms with Crippen molar-refractivity contribution < 1.29 is 27.8 Å². The lowest BCUT2D eigenvalue weighted by molar-refractivity contribution is -0.144. The summed E-state index contributed by atoms with van der Waals surface area (Å²) in [6.45, 7) is 0.823. The summed E-state index contributed by atoms with van der Waals surface area (Å²) in [5.41, 5.74) is 2.88. The van der Waals surface area contributed by atoms with E-state index < -0.39 is 41.5 Å². The minimum absolute atomic E-state index is 0.281. The van der Waals surface area contributed by atoms with E-state index in [1.54, 1.807) is 24.3 Å². The number of amides is 1. The van der Waals surface area contributed by atoms with Crippen LogP contribution >= 0.6 is 0 Å². The lowest BCUT2D eigenvalue weighted by atomic mass is 10.2. The van der Waals surface area contributed by atoms with Gasteiger partial charge in [0.2, 0.25) is 0 Å². The van der Waals surface area contributed by atoms with Gasteiger partial charge in [-0.05, 0) is 31.2 Å². The van der Waals surface area contributed by atoms with Gasteiger partial charge >= 0.3 is 6.18 Å². The van der Waals surface area contributed by atoms with Gasteiger partial charge in [-0.1, -0.05) is 17.7 Å². The Kier molecular flexibility index (Phi) is 5.71. The summed E-state index contributed by atoms with van der Waals surface area (Å²) in [5, 5.41) is 9.99. The minimum Gasteiger partial charge on any atom is -0.491 e. The number of alkyl halides is 3. The molecule has 26 heavy (non-hydrogen) atoms. The van der Waals surface area contributed by atoms with Gasteiger partial charge in [0.15, 0.2) is 0 Å². The lowest BCUT2D eigenvalue weighted by Gasteiger charge is -2.19. The highest BCUT2D eigenvalue weighted by molar-refractivity contribution is 5.92. The molecular formula is C17H17F3N2O4. The summed E-state index contributed by atoms with van der Waals surface area (Å²) in [5.74, 6) is -0.730. The Morgan fingerprint density at radius 3 is 2.38 bits per heavy atom. The van der Waals surface area contributed by atoms with E-state index in [-0.39, 0.29) is 11.2 Å². The Morgan fingerprint density at radius 1 is 1.23 bits per heavy atom. The average molecular weight is 370 g/mol. The van der Waals surface area contributed by atoms with Crippen molar-refractivity contribution >= 4 is 5.91 Å². The topological polar surface area (TPSA) is 94.5 Å². The zero-order valence-corrected chi connectivity index (χ0v) is 13.8. The molecule has 1 aromatic heterocycles. The number of benzene rings is 1. The predicted octanol–water partition coefficient (Wildman–Crippen LogP) is 1.71. The number of pyridine rings is 1. The van der Waals surface area contributed by atoms with Crippen LogP contribution in [0.2, 0.25) is 0 Å². The molecule has 140 valence electrons. The first-order chi connectivity index (χ1) is 12.1. The monoisotopic (exact) mass is 370 g/mol. The SMILES string of the molecule is Cc1ccc(OC[C@@H](O)Cn2c(C(F)(F)F)ccc(C(N)=O)c2=O)cc1. The molecule has 0 spiro atoms. The highest BCUT2D eigenvalue weighted by Gasteiger charge is 2.35. The zero-order chi connectivity index (χ0) is 19.5. The molecule has 1 atom stereocenters. The summed E-state index contributed by atoms with van der Waals surface area (Å²) in [6, 6.07) is 8.12. The second-order valence-electron chi connectivity index (χ2n) is 5.69. The highest BCUT2D eigenvalue weighted by atomic mass is 19.4. The molecule has 6 nitrogen and oxygen atoms in total. The Bertz CT molecular complexity index is 845. The predicted molar refractivity (Wildman–Crippen MR) is 86.9 cm³/mol. The zero-order valence-electron chi connectivity index (χ0n) is 13.8. The van der Waals surface area contributed by atoms with Crippen molar-refractivity contribution in [2.24, 2.45) is 5.73 Å². The third-order valence-electron chi connectivity index (χ3n) is 3.59. The fourth-order valence-corrected chi connectivity index (χ4v) is 2.28. The molecule has 0 saturated carbocycles. The van der Waals surface area contributed by atoms with E-state index in [1.807, 2.05) is 6.92 Å². The summed E-state index contributed by atoms with van der Waals surface area (Å²) in [6.07, 6.45) is -6.26. The molecule has 1 aromatic carbocycles. The number of nitrogens with zero attached hydrogens (tertiary/aromatic N) is 1. The minimum atomic E-state index is -4.84. The number of hydrogen-bond acceptors (Lipinski definition) is 4. The number of carbonyl (C=O) groups is 1. The van der Waals surface area contributed by atoms with Crippen molar-refractivity contribution in [2.75, 3.05) is 6.61 Å². The maximum absolute atomic E-state index is 13.1. The molecule has 0 aliphatic heterocycles. The van der Waals surface area contributed by atoms with Crippen LogP contribution < -0.4 is 16.0 Å². The van der Waals surface area contributed by atoms with Gasteiger partial charge in [-0.15, -0.1) is 0 Å². The van der Waals surface area contributed by atoms with E-state index in [2.05, 4.69) is 0 Å². The molecule has 1 heterocycles. The fraction of sp³-hybridized carbons (Fsp3) is 0.294. The smallest absolute Gasteiger partial charge is 0.431 e. The van der Waals surface area contributed by atoms with Gasteiger partial charge < -0.3 is 20.1 Å². The van der Waals surface area contributed by atoms with Crippen molar-refractivity contribution in [3.63, 3.8) is 0 Å². The molecule has 0 unspecified atom stereocenters. The molecule has 3 N–H and O–H groups in total. The number of hydrogen-bond donors (Lipinski definition) is 2. The molecule has 9 heteroatoms. The van der Waals surface area contributed by atoms with Crippen molar-refractivity contribution in [3.8, 4) is 5.75 Å². The molecular weight excluding hydrogens is 353 g/mol. The van der Waals surface area contributed by atoms with E-state index >= 15 is 0 Å². The molecule has 2 aromatic rings. The number of carbonyl (C=O) groups excluding carboxylic acids is 1. The first-order valence-electron chi connectivity index (χ1n) is 7.58. The molecule has 0 fully saturated rings. The first kappa shape index (κ1) is 19.5. The van der Waals surface area contributed by atoms with Crippen LogP contribution in [0, 0.1) is 6.92 Å². The van der Waals surface area contributed by atoms with Crippen LogP contribution in [0.15, 0.2) is 41.2 Å². The van der Waals surface area contributed by atoms with Gasteiger partial charge in [0.25, 0.3) is 11.5 Å². The number of aliphatic hydroxyl groups excluding tert-OH is 1. The molecule has 0 aliphatic rings. The normalized spacial score (nSPS) is 12.7. The van der Waals surface area contributed by atoms with Crippen LogP contribution in [0.5, 0.6) is 5.75 Å². The van der Waals surface area contributed by atoms with Crippen LogP contribution in [0.1, 0.15) is 21.6 Å². The number of aryl methyl sites for hydroxylation is 1. The average Bonchev–Trinajstić information content (AvgIpc) is 2.54. The van der Waals surface area contributed by atoms with Crippen LogP contribution in [0.25, 0.3) is 0 Å². The molecule has 1 amide bonds. The summed E-state index contributed by atoms with van der Waals surface area (Å²) < 4.78 is 44.9. The van der Waals surface area contributed by atoms with E-state index in [9.17, 15) is 27.9 Å². The summed E-state index contributed by atoms with van der Waals surface area (Å²) >= 11 is 0. The Balaban J connectivity index is 2.23. The van der Waals surface area contributed by atoms with Gasteiger partial charge in [0.05, 0.1) is 6.54 Å². The fourth-order valence-electron chi connectivity index (χ4n) is 2.28. The Labute approximate surface area is 146 Å². The quantitative estimate of drug-likeness (QED) is 0.809. The summed E-state index contributed by atoms with van der Waals surface area (Å²) in [7, 11) is 0. The number of primary amides is 1. The van der Waals surface area contributed by atoms with Crippen molar-refractivity contribution in [3.05, 3.63) is 63.6 Å². The van der Waals surface area contributed by atoms with Crippen LogP contribution in [0.4, 0.5) is 13.2 Å². The van der Waals surface area contributed by atoms with Crippen LogP contribution in [0.3, 0.4) is 0 Å². The van der Waals surface area contributed by atoms with E-state index in [1.165, 1.54) is 0 Å². The van der Waals surface area contributed by atoms with Crippen molar-refractivity contribution in [1.29, 1.82) is 0 Å². The number of ether oxygens (including phenoxy) is 1. The van der Waals surface area contributed by atoms with E-state index in [0.717, 1.165) is 11.6 Å². The number of aromatic nitrogens is 1. The molecule has 0 bridgehead atoms. The molecule has 0 aliphatic carbocycles. The first-order valence-corrected chi connectivity index (χ1v) is 7.58.